The Morgan fingerprint density at radius 3 is 2.80 bits per heavy atom. The third-order valence-electron chi connectivity index (χ3n) is 3.96. The molecule has 1 aliphatic rings. The minimum absolute atomic E-state index is 0.0234. The van der Waals surface area contributed by atoms with Crippen molar-refractivity contribution in [3.63, 3.8) is 0 Å². The molecule has 2 heterocycles. The Morgan fingerprint density at radius 2 is 2.20 bits per heavy atom. The molecule has 1 amide bonds. The molecule has 3 nitrogen and oxygen atoms in total. The van der Waals surface area contributed by atoms with Gasteiger partial charge in [-0.2, -0.15) is 0 Å². The molecule has 0 radical (unpaired) electrons. The molecule has 1 N–H and O–H groups in total. The molecule has 5 heteroatoms. The molecule has 1 aliphatic carbocycles. The summed E-state index contributed by atoms with van der Waals surface area (Å²) in [6.07, 6.45) is 4.99. The number of carbonyl (C=O) groups is 1. The van der Waals surface area contributed by atoms with Crippen LogP contribution in [0.1, 0.15) is 52.0 Å². The van der Waals surface area contributed by atoms with Gasteiger partial charge in [-0.1, -0.05) is 18.9 Å². The van der Waals surface area contributed by atoms with Crippen molar-refractivity contribution in [2.75, 3.05) is 0 Å². The molecule has 0 aliphatic heterocycles. The fourth-order valence-corrected chi connectivity index (χ4v) is 4.48. The number of nitrogens with one attached hydrogen (secondary N) is 1. The van der Waals surface area contributed by atoms with Crippen LogP contribution in [0, 0.1) is 12.8 Å². The molecule has 2 aromatic rings. The van der Waals surface area contributed by atoms with E-state index < -0.39 is 0 Å². The standard InChI is InChI=1S/C15H18N2OS2/c1-10-14(20-9-16-10)15(18)17-13(11-5-2-3-6-11)12-7-4-8-19-12/h4,7-9,11,13H,2-3,5-6H2,1H3,(H,17,18). The highest BCUT2D eigenvalue weighted by Crippen LogP contribution is 2.37. The molecule has 0 spiro atoms. The van der Waals surface area contributed by atoms with Gasteiger partial charge in [0.25, 0.3) is 5.91 Å². The van der Waals surface area contributed by atoms with Crippen LogP contribution >= 0.6 is 22.7 Å². The number of amides is 1. The van der Waals surface area contributed by atoms with E-state index in [2.05, 4.69) is 27.8 Å². The van der Waals surface area contributed by atoms with Gasteiger partial charge < -0.3 is 5.32 Å². The van der Waals surface area contributed by atoms with Gasteiger partial charge in [-0.25, -0.2) is 4.98 Å². The third-order valence-corrected chi connectivity index (χ3v) is 5.84. The van der Waals surface area contributed by atoms with E-state index in [0.717, 1.165) is 10.6 Å². The normalized spacial score (nSPS) is 17.2. The second kappa shape index (κ2) is 6.06. The van der Waals surface area contributed by atoms with E-state index in [0.29, 0.717) is 5.92 Å². The van der Waals surface area contributed by atoms with E-state index in [1.165, 1.54) is 41.9 Å². The van der Waals surface area contributed by atoms with Crippen LogP contribution in [0.3, 0.4) is 0 Å². The van der Waals surface area contributed by atoms with Gasteiger partial charge in [-0.05, 0) is 37.1 Å². The molecule has 0 bridgehead atoms. The van der Waals surface area contributed by atoms with Crippen LogP contribution in [0.15, 0.2) is 23.0 Å². The second-order valence-corrected chi connectivity index (χ2v) is 7.11. The van der Waals surface area contributed by atoms with E-state index in [9.17, 15) is 4.79 Å². The maximum Gasteiger partial charge on any atom is 0.263 e. The van der Waals surface area contributed by atoms with Crippen molar-refractivity contribution < 1.29 is 4.79 Å². The van der Waals surface area contributed by atoms with E-state index in [1.54, 1.807) is 16.8 Å². The summed E-state index contributed by atoms with van der Waals surface area (Å²) >= 11 is 3.15. The van der Waals surface area contributed by atoms with Crippen LogP contribution in [0.5, 0.6) is 0 Å². The molecule has 1 saturated carbocycles. The molecule has 0 aromatic carbocycles. The van der Waals surface area contributed by atoms with Crippen molar-refractivity contribution in [3.05, 3.63) is 38.5 Å². The number of rotatable bonds is 4. The molecular weight excluding hydrogens is 288 g/mol. The lowest BCUT2D eigenvalue weighted by molar-refractivity contribution is 0.0926. The number of nitrogens with zero attached hydrogens (tertiary/aromatic N) is 1. The van der Waals surface area contributed by atoms with Crippen molar-refractivity contribution >= 4 is 28.6 Å². The fraction of sp³-hybridized carbons (Fsp3) is 0.467. The summed E-state index contributed by atoms with van der Waals surface area (Å²) in [5.74, 6) is 0.598. The van der Waals surface area contributed by atoms with Crippen LogP contribution in [0.4, 0.5) is 0 Å². The van der Waals surface area contributed by atoms with Gasteiger partial charge in [0.2, 0.25) is 0 Å². The lowest BCUT2D eigenvalue weighted by atomic mass is 9.96. The van der Waals surface area contributed by atoms with Gasteiger partial charge in [-0.15, -0.1) is 22.7 Å². The number of hydrogen-bond donors (Lipinski definition) is 1. The Morgan fingerprint density at radius 1 is 1.40 bits per heavy atom. The van der Waals surface area contributed by atoms with Crippen molar-refractivity contribution in [2.24, 2.45) is 5.92 Å². The first-order valence-electron chi connectivity index (χ1n) is 7.00. The van der Waals surface area contributed by atoms with Gasteiger partial charge in [0.05, 0.1) is 17.2 Å². The zero-order chi connectivity index (χ0) is 13.9. The monoisotopic (exact) mass is 306 g/mol. The molecule has 20 heavy (non-hydrogen) atoms. The Hall–Kier alpha value is -1.20. The molecule has 2 aromatic heterocycles. The largest absolute Gasteiger partial charge is 0.343 e. The molecule has 1 fully saturated rings. The molecule has 106 valence electrons. The SMILES string of the molecule is Cc1ncsc1C(=O)NC(c1cccs1)C1CCCC1. The fourth-order valence-electron chi connectivity index (χ4n) is 2.91. The maximum absolute atomic E-state index is 12.5. The van der Waals surface area contributed by atoms with Gasteiger partial charge in [0.1, 0.15) is 4.88 Å². The zero-order valence-electron chi connectivity index (χ0n) is 11.5. The number of hydrogen-bond acceptors (Lipinski definition) is 4. The second-order valence-electron chi connectivity index (χ2n) is 5.28. The van der Waals surface area contributed by atoms with Crippen LogP contribution in [-0.4, -0.2) is 10.9 Å². The number of aryl methyl sites for hydroxylation is 1. The predicted molar refractivity (Wildman–Crippen MR) is 83.3 cm³/mol. The van der Waals surface area contributed by atoms with Crippen molar-refractivity contribution in [1.82, 2.24) is 10.3 Å². The van der Waals surface area contributed by atoms with Crippen molar-refractivity contribution in [3.8, 4) is 0 Å². The summed E-state index contributed by atoms with van der Waals surface area (Å²) in [6, 6.07) is 4.35. The Bertz CT molecular complexity index is 570. The predicted octanol–water partition coefficient (Wildman–Crippen LogP) is 4.17. The number of aromatic nitrogens is 1. The quantitative estimate of drug-likeness (QED) is 0.921. The Labute approximate surface area is 127 Å². The molecule has 1 atom stereocenters. The summed E-state index contributed by atoms with van der Waals surface area (Å²) in [5, 5.41) is 5.33. The highest BCUT2D eigenvalue weighted by atomic mass is 32.1. The summed E-state index contributed by atoms with van der Waals surface area (Å²) in [7, 11) is 0. The third kappa shape index (κ3) is 2.79. The van der Waals surface area contributed by atoms with Crippen LogP contribution < -0.4 is 5.32 Å². The maximum atomic E-state index is 12.5. The lowest BCUT2D eigenvalue weighted by Crippen LogP contribution is -2.32. The van der Waals surface area contributed by atoms with Crippen LogP contribution in [0.2, 0.25) is 0 Å². The van der Waals surface area contributed by atoms with E-state index in [-0.39, 0.29) is 11.9 Å². The van der Waals surface area contributed by atoms with Gasteiger partial charge >= 0.3 is 0 Å². The van der Waals surface area contributed by atoms with Crippen LogP contribution in [-0.2, 0) is 0 Å². The minimum atomic E-state index is 0.0234. The average Bonchev–Trinajstić information content (AvgIpc) is 3.18. The summed E-state index contributed by atoms with van der Waals surface area (Å²) < 4.78 is 0. The Kier molecular flexibility index (Phi) is 4.17. The van der Waals surface area contributed by atoms with Crippen LogP contribution in [0.25, 0.3) is 0 Å². The summed E-state index contributed by atoms with van der Waals surface area (Å²) in [5.41, 5.74) is 2.56. The first-order valence-corrected chi connectivity index (χ1v) is 8.76. The smallest absolute Gasteiger partial charge is 0.263 e. The van der Waals surface area contributed by atoms with E-state index >= 15 is 0 Å². The lowest BCUT2D eigenvalue weighted by Gasteiger charge is -2.23. The first-order chi connectivity index (χ1) is 9.75. The highest BCUT2D eigenvalue weighted by molar-refractivity contribution is 7.12. The van der Waals surface area contributed by atoms with Gasteiger partial charge in [-0.3, -0.25) is 4.79 Å². The molecular formula is C15H18N2OS2. The summed E-state index contributed by atoms with van der Waals surface area (Å²) in [6.45, 7) is 1.89. The topological polar surface area (TPSA) is 42.0 Å². The zero-order valence-corrected chi connectivity index (χ0v) is 13.1. The number of thiazole rings is 1. The summed E-state index contributed by atoms with van der Waals surface area (Å²) in [4.78, 5) is 18.6. The van der Waals surface area contributed by atoms with Crippen molar-refractivity contribution in [2.45, 2.75) is 38.6 Å². The van der Waals surface area contributed by atoms with E-state index in [1.807, 2.05) is 6.92 Å². The first kappa shape index (κ1) is 13.8. The molecule has 0 saturated heterocycles. The van der Waals surface area contributed by atoms with E-state index in [4.69, 9.17) is 0 Å². The number of carbonyl (C=O) groups excluding carboxylic acids is 1. The molecule has 1 unspecified atom stereocenters. The highest BCUT2D eigenvalue weighted by Gasteiger charge is 2.29. The number of thiophene rings is 1. The average molecular weight is 306 g/mol. The molecule has 3 rings (SSSR count). The van der Waals surface area contributed by atoms with Crippen molar-refractivity contribution in [1.29, 1.82) is 0 Å². The minimum Gasteiger partial charge on any atom is -0.343 e. The van der Waals surface area contributed by atoms with Gasteiger partial charge in [0.15, 0.2) is 0 Å². The Balaban J connectivity index is 1.80. The van der Waals surface area contributed by atoms with Gasteiger partial charge in [0, 0.05) is 4.88 Å².